The van der Waals surface area contributed by atoms with Gasteiger partial charge in [-0.3, -0.25) is 14.6 Å². The summed E-state index contributed by atoms with van der Waals surface area (Å²) in [7, 11) is 0. The summed E-state index contributed by atoms with van der Waals surface area (Å²) in [4.78, 5) is 28.8. The molecule has 1 heterocycles. The van der Waals surface area contributed by atoms with Crippen LogP contribution in [0.3, 0.4) is 0 Å². The van der Waals surface area contributed by atoms with Gasteiger partial charge in [-0.05, 0) is 36.4 Å². The van der Waals surface area contributed by atoms with E-state index in [4.69, 9.17) is 23.2 Å². The van der Waals surface area contributed by atoms with Crippen molar-refractivity contribution in [2.45, 2.75) is 0 Å². The van der Waals surface area contributed by atoms with Crippen molar-refractivity contribution in [3.8, 4) is 0 Å². The summed E-state index contributed by atoms with van der Waals surface area (Å²) in [6.45, 7) is 0. The second-order valence-corrected chi connectivity index (χ2v) is 6.12. The van der Waals surface area contributed by atoms with Crippen LogP contribution in [0.25, 0.3) is 0 Å². The van der Waals surface area contributed by atoms with E-state index in [-0.39, 0.29) is 11.6 Å². The first kappa shape index (κ1) is 17.9. The van der Waals surface area contributed by atoms with Crippen LogP contribution in [0.5, 0.6) is 0 Å². The molecule has 0 unspecified atom stereocenters. The highest BCUT2D eigenvalue weighted by Crippen LogP contribution is 2.30. The number of aromatic nitrogens is 1. The lowest BCUT2D eigenvalue weighted by Gasteiger charge is -2.09. The fourth-order valence-corrected chi connectivity index (χ4v) is 2.71. The number of halogens is 2. The van der Waals surface area contributed by atoms with E-state index in [0.29, 0.717) is 27.0 Å². The van der Waals surface area contributed by atoms with Crippen LogP contribution in [0.2, 0.25) is 10.0 Å². The monoisotopic (exact) mass is 385 g/mol. The Kier molecular flexibility index (Phi) is 5.51. The van der Waals surface area contributed by atoms with Gasteiger partial charge >= 0.3 is 0 Å². The van der Waals surface area contributed by atoms with Gasteiger partial charge in [0.2, 0.25) is 0 Å². The van der Waals surface area contributed by atoms with E-state index < -0.39 is 5.91 Å². The van der Waals surface area contributed by atoms with E-state index in [1.807, 2.05) is 18.2 Å². The molecule has 1 aromatic heterocycles. The van der Waals surface area contributed by atoms with Gasteiger partial charge in [0.25, 0.3) is 11.8 Å². The zero-order valence-electron chi connectivity index (χ0n) is 13.4. The summed E-state index contributed by atoms with van der Waals surface area (Å²) in [6, 6.07) is 16.8. The second kappa shape index (κ2) is 7.99. The average Bonchev–Trinajstić information content (AvgIpc) is 2.65. The molecule has 0 saturated heterocycles. The number of hydrogen-bond acceptors (Lipinski definition) is 3. The lowest BCUT2D eigenvalue weighted by molar-refractivity contribution is 0.102. The fourth-order valence-electron chi connectivity index (χ4n) is 2.22. The molecule has 0 atom stereocenters. The molecule has 0 radical (unpaired) electrons. The first-order valence-electron chi connectivity index (χ1n) is 7.62. The van der Waals surface area contributed by atoms with E-state index in [1.165, 1.54) is 18.3 Å². The molecule has 0 aliphatic carbocycles. The molecule has 0 fully saturated rings. The Labute approximate surface area is 160 Å². The summed E-state index contributed by atoms with van der Waals surface area (Å²) < 4.78 is 0. The van der Waals surface area contributed by atoms with Crippen LogP contribution < -0.4 is 10.6 Å². The number of pyridine rings is 1. The number of nitrogens with one attached hydrogen (secondary N) is 2. The van der Waals surface area contributed by atoms with Gasteiger partial charge in [0.15, 0.2) is 0 Å². The number of carbonyl (C=O) groups is 2. The fraction of sp³-hybridized carbons (Fsp3) is 0. The van der Waals surface area contributed by atoms with Gasteiger partial charge in [0.05, 0.1) is 15.7 Å². The van der Waals surface area contributed by atoms with E-state index in [1.54, 1.807) is 30.3 Å². The number of carbonyl (C=O) groups excluding carboxylic acids is 2. The molecule has 7 heteroatoms. The Morgan fingerprint density at radius 3 is 2.19 bits per heavy atom. The van der Waals surface area contributed by atoms with Crippen molar-refractivity contribution in [3.05, 3.63) is 88.2 Å². The number of rotatable bonds is 4. The van der Waals surface area contributed by atoms with Crippen LogP contribution in [0.15, 0.2) is 66.9 Å². The van der Waals surface area contributed by atoms with Crippen molar-refractivity contribution < 1.29 is 9.59 Å². The van der Waals surface area contributed by atoms with Crippen molar-refractivity contribution in [1.82, 2.24) is 4.98 Å². The number of amides is 2. The minimum Gasteiger partial charge on any atom is -0.322 e. The molecule has 0 aliphatic heterocycles. The standard InChI is InChI=1S/C19H13Cl2N3O2/c20-14-7-4-8-15(21)17(14)24-19(26)16-11-12(9-10-22-16)18(25)23-13-5-2-1-3-6-13/h1-11H,(H,23,25)(H,24,26). The van der Waals surface area contributed by atoms with Crippen LogP contribution in [0, 0.1) is 0 Å². The Hall–Kier alpha value is -2.89. The van der Waals surface area contributed by atoms with Gasteiger partial charge in [0.1, 0.15) is 5.69 Å². The number of anilines is 2. The summed E-state index contributed by atoms with van der Waals surface area (Å²) in [5, 5.41) is 5.98. The van der Waals surface area contributed by atoms with Crippen molar-refractivity contribution in [2.24, 2.45) is 0 Å². The molecule has 3 rings (SSSR count). The molecule has 5 nitrogen and oxygen atoms in total. The van der Waals surface area contributed by atoms with Crippen molar-refractivity contribution in [1.29, 1.82) is 0 Å². The van der Waals surface area contributed by atoms with Gasteiger partial charge in [0, 0.05) is 17.4 Å². The molecule has 2 aromatic carbocycles. The maximum Gasteiger partial charge on any atom is 0.274 e. The quantitative estimate of drug-likeness (QED) is 0.671. The van der Waals surface area contributed by atoms with E-state index in [2.05, 4.69) is 15.6 Å². The highest BCUT2D eigenvalue weighted by Gasteiger charge is 2.15. The smallest absolute Gasteiger partial charge is 0.274 e. The van der Waals surface area contributed by atoms with Crippen LogP contribution in [-0.2, 0) is 0 Å². The number of hydrogen-bond donors (Lipinski definition) is 2. The summed E-state index contributed by atoms with van der Waals surface area (Å²) in [5.74, 6) is -0.863. The van der Waals surface area contributed by atoms with Gasteiger partial charge in [-0.15, -0.1) is 0 Å². The lowest BCUT2D eigenvalue weighted by Crippen LogP contribution is -2.17. The second-order valence-electron chi connectivity index (χ2n) is 5.30. The first-order chi connectivity index (χ1) is 12.5. The molecular weight excluding hydrogens is 373 g/mol. The normalized spacial score (nSPS) is 10.2. The minimum absolute atomic E-state index is 0.0710. The third kappa shape index (κ3) is 4.20. The highest BCUT2D eigenvalue weighted by molar-refractivity contribution is 6.40. The molecule has 3 aromatic rings. The molecule has 26 heavy (non-hydrogen) atoms. The zero-order valence-corrected chi connectivity index (χ0v) is 14.9. The summed E-state index contributed by atoms with van der Waals surface area (Å²) in [6.07, 6.45) is 1.39. The molecule has 0 saturated carbocycles. The van der Waals surface area contributed by atoms with Gasteiger partial charge in [-0.1, -0.05) is 47.5 Å². The number of nitrogens with zero attached hydrogens (tertiary/aromatic N) is 1. The Morgan fingerprint density at radius 1 is 0.808 bits per heavy atom. The largest absolute Gasteiger partial charge is 0.322 e. The van der Waals surface area contributed by atoms with Crippen molar-refractivity contribution in [3.63, 3.8) is 0 Å². The Morgan fingerprint density at radius 2 is 1.50 bits per heavy atom. The zero-order chi connectivity index (χ0) is 18.5. The van der Waals surface area contributed by atoms with Crippen molar-refractivity contribution in [2.75, 3.05) is 10.6 Å². The van der Waals surface area contributed by atoms with Crippen LogP contribution in [0.4, 0.5) is 11.4 Å². The molecule has 130 valence electrons. The topological polar surface area (TPSA) is 71.1 Å². The van der Waals surface area contributed by atoms with Crippen LogP contribution in [0.1, 0.15) is 20.8 Å². The summed E-state index contributed by atoms with van der Waals surface area (Å²) >= 11 is 12.1. The lowest BCUT2D eigenvalue weighted by atomic mass is 10.2. The Balaban J connectivity index is 1.78. The van der Waals surface area contributed by atoms with Gasteiger partial charge < -0.3 is 10.6 Å². The molecule has 0 bridgehead atoms. The molecule has 2 amide bonds. The highest BCUT2D eigenvalue weighted by atomic mass is 35.5. The SMILES string of the molecule is O=C(Nc1ccccc1)c1ccnc(C(=O)Nc2c(Cl)cccc2Cl)c1. The molecule has 2 N–H and O–H groups in total. The van der Waals surface area contributed by atoms with Crippen LogP contribution >= 0.6 is 23.2 Å². The Bertz CT molecular complexity index is 942. The first-order valence-corrected chi connectivity index (χ1v) is 8.38. The third-order valence-corrected chi connectivity index (χ3v) is 4.12. The predicted molar refractivity (Wildman–Crippen MR) is 103 cm³/mol. The van der Waals surface area contributed by atoms with Gasteiger partial charge in [-0.25, -0.2) is 0 Å². The number of para-hydroxylation sites is 2. The van der Waals surface area contributed by atoms with E-state index in [0.717, 1.165) is 0 Å². The maximum atomic E-state index is 12.4. The van der Waals surface area contributed by atoms with E-state index in [9.17, 15) is 9.59 Å². The van der Waals surface area contributed by atoms with Crippen molar-refractivity contribution >= 4 is 46.4 Å². The summed E-state index contributed by atoms with van der Waals surface area (Å²) in [5.41, 5.74) is 1.32. The van der Waals surface area contributed by atoms with E-state index >= 15 is 0 Å². The average molecular weight is 386 g/mol. The minimum atomic E-state index is -0.519. The molecule has 0 aliphatic rings. The molecular formula is C19H13Cl2N3O2. The third-order valence-electron chi connectivity index (χ3n) is 3.49. The number of benzene rings is 2. The molecule has 0 spiro atoms. The van der Waals surface area contributed by atoms with Gasteiger partial charge in [-0.2, -0.15) is 0 Å². The predicted octanol–water partition coefficient (Wildman–Crippen LogP) is 4.89. The maximum absolute atomic E-state index is 12.4. The van der Waals surface area contributed by atoms with Crippen LogP contribution in [-0.4, -0.2) is 16.8 Å².